The molecule has 2 N–H and O–H groups in total. The van der Waals surface area contributed by atoms with Crippen LogP contribution in [0.2, 0.25) is 0 Å². The number of nitrogens with one attached hydrogen (secondary N) is 1. The Morgan fingerprint density at radius 3 is 2.87 bits per heavy atom. The predicted octanol–water partition coefficient (Wildman–Crippen LogP) is 1.42. The van der Waals surface area contributed by atoms with E-state index in [1.54, 1.807) is 6.07 Å². The summed E-state index contributed by atoms with van der Waals surface area (Å²) in [6.07, 6.45) is 2.15. The minimum atomic E-state index is -1.01. The van der Waals surface area contributed by atoms with Gasteiger partial charge in [-0.15, -0.1) is 0 Å². The van der Waals surface area contributed by atoms with Crippen molar-refractivity contribution in [2.45, 2.75) is 45.3 Å². The van der Waals surface area contributed by atoms with Gasteiger partial charge in [0, 0.05) is 11.8 Å². The van der Waals surface area contributed by atoms with Crippen LogP contribution in [-0.2, 0) is 11.2 Å². The van der Waals surface area contributed by atoms with Gasteiger partial charge in [0.2, 0.25) is 5.88 Å². The third-order valence-electron chi connectivity index (χ3n) is 4.59. The summed E-state index contributed by atoms with van der Waals surface area (Å²) in [6.45, 7) is 5.73. The molecule has 2 unspecified atom stereocenters. The Morgan fingerprint density at radius 1 is 1.52 bits per heavy atom. The minimum absolute atomic E-state index is 0.0760. The average molecular weight is 317 g/mol. The number of hydrogen-bond donors (Lipinski definition) is 2. The van der Waals surface area contributed by atoms with E-state index in [9.17, 15) is 9.59 Å². The summed E-state index contributed by atoms with van der Waals surface area (Å²) in [7, 11) is 0. The number of aliphatic imine (C=N–C) groups is 1. The molecule has 1 amide bonds. The minimum Gasteiger partial charge on any atom is -0.478 e. The summed E-state index contributed by atoms with van der Waals surface area (Å²) in [4.78, 5) is 31.8. The molecule has 7 nitrogen and oxygen atoms in total. The first-order valence-electron chi connectivity index (χ1n) is 7.61. The fraction of sp³-hybridized carbons (Fsp3) is 0.500. The van der Waals surface area contributed by atoms with E-state index in [0.29, 0.717) is 24.6 Å². The maximum atomic E-state index is 12.2. The second-order valence-electron chi connectivity index (χ2n) is 6.39. The summed E-state index contributed by atoms with van der Waals surface area (Å²) in [6, 6.07) is 1.58. The largest absolute Gasteiger partial charge is 0.478 e. The highest BCUT2D eigenvalue weighted by atomic mass is 16.5. The van der Waals surface area contributed by atoms with E-state index in [4.69, 9.17) is 9.84 Å². The highest BCUT2D eigenvalue weighted by Crippen LogP contribution is 2.30. The first-order chi connectivity index (χ1) is 10.8. The van der Waals surface area contributed by atoms with Crippen LogP contribution in [0.15, 0.2) is 17.3 Å². The summed E-state index contributed by atoms with van der Waals surface area (Å²) in [5.41, 5.74) is 0.127. The Balaban J connectivity index is 1.83. The lowest BCUT2D eigenvalue weighted by Crippen LogP contribution is -2.44. The Bertz CT molecular complexity index is 713. The van der Waals surface area contributed by atoms with E-state index in [1.165, 1.54) is 6.20 Å². The number of amidine groups is 1. The SMILES string of the molecule is CC(C)C1(C)N=C(C2CCc3cc(C(=O)O)cnc3O2)NC1=O. The number of nitrogens with zero attached hydrogens (tertiary/aromatic N) is 2. The Morgan fingerprint density at radius 2 is 2.26 bits per heavy atom. The molecule has 1 aromatic heterocycles. The number of carbonyl (C=O) groups is 2. The number of carbonyl (C=O) groups excluding carboxylic acids is 1. The lowest BCUT2D eigenvalue weighted by Gasteiger charge is -2.25. The van der Waals surface area contributed by atoms with Crippen molar-refractivity contribution in [3.8, 4) is 5.88 Å². The van der Waals surface area contributed by atoms with Crippen molar-refractivity contribution in [3.63, 3.8) is 0 Å². The number of fused-ring (bicyclic) bond motifs is 1. The lowest BCUT2D eigenvalue weighted by atomic mass is 9.89. The van der Waals surface area contributed by atoms with Gasteiger partial charge in [-0.05, 0) is 31.7 Å². The zero-order valence-corrected chi connectivity index (χ0v) is 13.3. The molecule has 0 bridgehead atoms. The van der Waals surface area contributed by atoms with Crippen LogP contribution in [0, 0.1) is 5.92 Å². The number of aryl methyl sites for hydroxylation is 1. The summed E-state index contributed by atoms with van der Waals surface area (Å²) < 4.78 is 5.82. The molecular formula is C16H19N3O4. The van der Waals surface area contributed by atoms with Crippen molar-refractivity contribution in [3.05, 3.63) is 23.4 Å². The number of aromatic carboxylic acids is 1. The van der Waals surface area contributed by atoms with Crippen LogP contribution in [0.3, 0.4) is 0 Å². The fourth-order valence-corrected chi connectivity index (χ4v) is 2.69. The number of pyridine rings is 1. The van der Waals surface area contributed by atoms with Gasteiger partial charge in [0.05, 0.1) is 5.56 Å². The fourth-order valence-electron chi connectivity index (χ4n) is 2.69. The second-order valence-corrected chi connectivity index (χ2v) is 6.39. The van der Waals surface area contributed by atoms with Crippen LogP contribution in [0.25, 0.3) is 0 Å². The summed E-state index contributed by atoms with van der Waals surface area (Å²) >= 11 is 0. The van der Waals surface area contributed by atoms with Gasteiger partial charge < -0.3 is 15.2 Å². The molecule has 0 spiro atoms. The van der Waals surface area contributed by atoms with E-state index in [1.807, 2.05) is 20.8 Å². The molecule has 2 aliphatic heterocycles. The van der Waals surface area contributed by atoms with Crippen molar-refractivity contribution >= 4 is 17.7 Å². The first-order valence-corrected chi connectivity index (χ1v) is 7.61. The van der Waals surface area contributed by atoms with Crippen molar-refractivity contribution < 1.29 is 19.4 Å². The van der Waals surface area contributed by atoms with E-state index >= 15 is 0 Å². The quantitative estimate of drug-likeness (QED) is 0.878. The Labute approximate surface area is 133 Å². The van der Waals surface area contributed by atoms with E-state index < -0.39 is 11.5 Å². The molecule has 0 aliphatic carbocycles. The molecule has 2 atom stereocenters. The third-order valence-corrected chi connectivity index (χ3v) is 4.59. The van der Waals surface area contributed by atoms with Gasteiger partial charge in [-0.3, -0.25) is 9.79 Å². The second kappa shape index (κ2) is 5.33. The highest BCUT2D eigenvalue weighted by molar-refractivity contribution is 6.10. The third kappa shape index (κ3) is 2.56. The van der Waals surface area contributed by atoms with Crippen molar-refractivity contribution in [2.75, 3.05) is 0 Å². The molecule has 3 rings (SSSR count). The van der Waals surface area contributed by atoms with Crippen LogP contribution in [0.5, 0.6) is 5.88 Å². The Kier molecular flexibility index (Phi) is 3.58. The molecule has 122 valence electrons. The molecule has 2 aliphatic rings. The normalized spacial score (nSPS) is 26.3. The first kappa shape index (κ1) is 15.5. The molecular weight excluding hydrogens is 298 g/mol. The van der Waals surface area contributed by atoms with Crippen LogP contribution < -0.4 is 10.1 Å². The highest BCUT2D eigenvalue weighted by Gasteiger charge is 2.44. The number of aromatic nitrogens is 1. The van der Waals surface area contributed by atoms with Crippen molar-refractivity contribution in [2.24, 2.45) is 10.9 Å². The predicted molar refractivity (Wildman–Crippen MR) is 82.8 cm³/mol. The maximum absolute atomic E-state index is 12.2. The molecule has 0 radical (unpaired) electrons. The molecule has 3 heterocycles. The lowest BCUT2D eigenvalue weighted by molar-refractivity contribution is -0.124. The molecule has 0 aromatic carbocycles. The van der Waals surface area contributed by atoms with Crippen LogP contribution >= 0.6 is 0 Å². The number of carboxylic acid groups (broad SMARTS) is 1. The average Bonchev–Trinajstić information content (AvgIpc) is 2.83. The topological polar surface area (TPSA) is 101 Å². The molecule has 0 saturated carbocycles. The number of rotatable bonds is 3. The molecule has 0 saturated heterocycles. The van der Waals surface area contributed by atoms with Gasteiger partial charge in [0.1, 0.15) is 11.4 Å². The van der Waals surface area contributed by atoms with Crippen molar-refractivity contribution in [1.29, 1.82) is 0 Å². The van der Waals surface area contributed by atoms with Gasteiger partial charge in [-0.1, -0.05) is 13.8 Å². The zero-order chi connectivity index (χ0) is 16.8. The number of carboxylic acids is 1. The number of amides is 1. The zero-order valence-electron chi connectivity index (χ0n) is 13.3. The molecule has 23 heavy (non-hydrogen) atoms. The monoisotopic (exact) mass is 317 g/mol. The molecule has 1 aromatic rings. The standard InChI is InChI=1S/C16H19N3O4/c1-8(2)16(3)15(22)18-12(19-16)11-5-4-9-6-10(14(20)21)7-17-13(9)23-11/h6-8,11H,4-5H2,1-3H3,(H,20,21)(H,18,19,22). The van der Waals surface area contributed by atoms with E-state index in [2.05, 4.69) is 15.3 Å². The smallest absolute Gasteiger partial charge is 0.337 e. The molecule has 7 heteroatoms. The van der Waals surface area contributed by atoms with Crippen LogP contribution in [-0.4, -0.2) is 39.4 Å². The van der Waals surface area contributed by atoms with Gasteiger partial charge >= 0.3 is 5.97 Å². The van der Waals surface area contributed by atoms with Crippen LogP contribution in [0.1, 0.15) is 43.1 Å². The van der Waals surface area contributed by atoms with E-state index in [0.717, 1.165) is 5.56 Å². The summed E-state index contributed by atoms with van der Waals surface area (Å²) in [5, 5.41) is 11.8. The van der Waals surface area contributed by atoms with Crippen molar-refractivity contribution in [1.82, 2.24) is 10.3 Å². The van der Waals surface area contributed by atoms with E-state index in [-0.39, 0.29) is 23.5 Å². The Hall–Kier alpha value is -2.44. The van der Waals surface area contributed by atoms with Crippen LogP contribution in [0.4, 0.5) is 0 Å². The number of hydrogen-bond acceptors (Lipinski definition) is 5. The maximum Gasteiger partial charge on any atom is 0.337 e. The molecule has 0 fully saturated rings. The van der Waals surface area contributed by atoms with Gasteiger partial charge in [-0.2, -0.15) is 0 Å². The van der Waals surface area contributed by atoms with Gasteiger partial charge in [-0.25, -0.2) is 9.78 Å². The van der Waals surface area contributed by atoms with Gasteiger partial charge in [0.25, 0.3) is 5.91 Å². The van der Waals surface area contributed by atoms with Gasteiger partial charge in [0.15, 0.2) is 6.10 Å². The number of ether oxygens (including phenoxy) is 1. The summed E-state index contributed by atoms with van der Waals surface area (Å²) in [5.74, 6) is -0.122.